The summed E-state index contributed by atoms with van der Waals surface area (Å²) in [5.41, 5.74) is 0.667. The highest BCUT2D eigenvalue weighted by Gasteiger charge is 1.80. The van der Waals surface area contributed by atoms with Crippen molar-refractivity contribution in [1.82, 2.24) is 4.98 Å². The van der Waals surface area contributed by atoms with E-state index in [0.717, 1.165) is 19.1 Å². The Labute approximate surface area is 78.4 Å². The second-order valence-corrected chi connectivity index (χ2v) is 2.48. The van der Waals surface area contributed by atoms with E-state index in [2.05, 4.69) is 11.9 Å². The number of aliphatic hydroxyl groups is 1. The topological polar surface area (TPSA) is 50.2 Å². The van der Waals surface area contributed by atoms with Crippen molar-refractivity contribution in [3.8, 4) is 0 Å². The van der Waals surface area contributed by atoms with E-state index in [0.29, 0.717) is 12.2 Å². The number of aliphatic hydroxyl groups excluding tert-OH is 1. The number of carbonyl (C=O) groups excluding carboxylic acids is 1. The summed E-state index contributed by atoms with van der Waals surface area (Å²) in [6.07, 6.45) is 6.01. The van der Waals surface area contributed by atoms with Crippen LogP contribution >= 0.6 is 0 Å². The smallest absolute Gasteiger partial charge is 0.150 e. The first-order valence-corrected chi connectivity index (χ1v) is 4.31. The van der Waals surface area contributed by atoms with Gasteiger partial charge in [-0.05, 0) is 18.6 Å². The standard InChI is InChI=1S/C6H5NO.C4H10O/c8-5-6-1-3-7-4-2-6;1-2-3-4-5/h1-5H;5H,2-4H2,1H3. The summed E-state index contributed by atoms with van der Waals surface area (Å²) in [5, 5.41) is 8.07. The zero-order chi connectivity index (χ0) is 9.94. The van der Waals surface area contributed by atoms with Gasteiger partial charge in [-0.25, -0.2) is 0 Å². The Hall–Kier alpha value is -1.22. The van der Waals surface area contributed by atoms with Gasteiger partial charge in [-0.15, -0.1) is 0 Å². The van der Waals surface area contributed by atoms with Crippen LogP contribution in [0, 0.1) is 0 Å². The molecule has 1 rings (SSSR count). The van der Waals surface area contributed by atoms with Gasteiger partial charge in [0.15, 0.2) is 0 Å². The molecule has 3 nitrogen and oxygen atoms in total. The first-order valence-electron chi connectivity index (χ1n) is 4.31. The van der Waals surface area contributed by atoms with Crippen molar-refractivity contribution in [2.45, 2.75) is 19.8 Å². The molecule has 0 fully saturated rings. The molecule has 1 aromatic rings. The number of hydrogen-bond donors (Lipinski definition) is 1. The Balaban J connectivity index is 0.000000252. The van der Waals surface area contributed by atoms with Crippen molar-refractivity contribution in [3.63, 3.8) is 0 Å². The van der Waals surface area contributed by atoms with Gasteiger partial charge < -0.3 is 5.11 Å². The lowest BCUT2D eigenvalue weighted by Crippen LogP contribution is -1.76. The fourth-order valence-corrected chi connectivity index (χ4v) is 0.600. The van der Waals surface area contributed by atoms with E-state index in [1.54, 1.807) is 24.5 Å². The van der Waals surface area contributed by atoms with Crippen LogP contribution in [-0.4, -0.2) is 23.0 Å². The number of carbonyl (C=O) groups is 1. The molecule has 13 heavy (non-hydrogen) atoms. The van der Waals surface area contributed by atoms with E-state index in [1.165, 1.54) is 0 Å². The summed E-state index contributed by atoms with van der Waals surface area (Å²) in [5.74, 6) is 0. The van der Waals surface area contributed by atoms with Gasteiger partial charge in [-0.1, -0.05) is 13.3 Å². The van der Waals surface area contributed by atoms with E-state index in [9.17, 15) is 4.79 Å². The third-order valence-corrected chi connectivity index (χ3v) is 1.35. The predicted molar refractivity (Wildman–Crippen MR) is 51.6 cm³/mol. The first-order chi connectivity index (χ1) is 6.35. The Morgan fingerprint density at radius 1 is 1.46 bits per heavy atom. The molecule has 0 aliphatic carbocycles. The third-order valence-electron chi connectivity index (χ3n) is 1.35. The highest BCUT2D eigenvalue weighted by Crippen LogP contribution is 1.88. The average Bonchev–Trinajstić information content (AvgIpc) is 2.21. The fourth-order valence-electron chi connectivity index (χ4n) is 0.600. The maximum Gasteiger partial charge on any atom is 0.150 e. The van der Waals surface area contributed by atoms with Gasteiger partial charge in [-0.2, -0.15) is 0 Å². The van der Waals surface area contributed by atoms with E-state index in [-0.39, 0.29) is 0 Å². The molecule has 1 N–H and O–H groups in total. The predicted octanol–water partition coefficient (Wildman–Crippen LogP) is 1.67. The number of nitrogens with zero attached hydrogens (tertiary/aromatic N) is 1. The summed E-state index contributed by atoms with van der Waals surface area (Å²) in [6, 6.07) is 3.32. The number of unbranched alkanes of at least 4 members (excludes halogenated alkanes) is 1. The molecular formula is C10H15NO2. The van der Waals surface area contributed by atoms with Crippen LogP contribution in [0.4, 0.5) is 0 Å². The summed E-state index contributed by atoms with van der Waals surface area (Å²) >= 11 is 0. The number of aldehydes is 1. The molecule has 1 aromatic heterocycles. The van der Waals surface area contributed by atoms with Gasteiger partial charge in [0, 0.05) is 24.6 Å². The van der Waals surface area contributed by atoms with Crippen LogP contribution in [0.3, 0.4) is 0 Å². The zero-order valence-electron chi connectivity index (χ0n) is 7.81. The van der Waals surface area contributed by atoms with Crippen LogP contribution in [0.1, 0.15) is 30.1 Å². The van der Waals surface area contributed by atoms with E-state index in [1.807, 2.05) is 0 Å². The Kier molecular flexibility index (Phi) is 8.04. The van der Waals surface area contributed by atoms with E-state index in [4.69, 9.17) is 5.11 Å². The number of aromatic nitrogens is 1. The molecule has 0 radical (unpaired) electrons. The molecule has 0 unspecified atom stereocenters. The van der Waals surface area contributed by atoms with Crippen molar-refractivity contribution in [2.75, 3.05) is 6.61 Å². The fraction of sp³-hybridized carbons (Fsp3) is 0.400. The van der Waals surface area contributed by atoms with Crippen LogP contribution in [0.5, 0.6) is 0 Å². The van der Waals surface area contributed by atoms with Gasteiger partial charge in [0.1, 0.15) is 6.29 Å². The van der Waals surface area contributed by atoms with Gasteiger partial charge in [0.05, 0.1) is 0 Å². The maximum atomic E-state index is 9.98. The minimum atomic E-state index is 0.344. The Bertz CT molecular complexity index is 209. The van der Waals surface area contributed by atoms with Gasteiger partial charge in [0.25, 0.3) is 0 Å². The molecule has 0 aliphatic rings. The van der Waals surface area contributed by atoms with Crippen LogP contribution in [0.2, 0.25) is 0 Å². The largest absolute Gasteiger partial charge is 0.396 e. The Morgan fingerprint density at radius 3 is 2.31 bits per heavy atom. The maximum absolute atomic E-state index is 9.98. The van der Waals surface area contributed by atoms with E-state index < -0.39 is 0 Å². The number of hydrogen-bond acceptors (Lipinski definition) is 3. The lowest BCUT2D eigenvalue weighted by atomic mass is 10.3. The highest BCUT2D eigenvalue weighted by molar-refractivity contribution is 5.73. The van der Waals surface area contributed by atoms with Crippen molar-refractivity contribution >= 4 is 6.29 Å². The monoisotopic (exact) mass is 181 g/mol. The van der Waals surface area contributed by atoms with Crippen molar-refractivity contribution in [1.29, 1.82) is 0 Å². The van der Waals surface area contributed by atoms with Crippen molar-refractivity contribution < 1.29 is 9.90 Å². The minimum absolute atomic E-state index is 0.344. The van der Waals surface area contributed by atoms with Crippen LogP contribution < -0.4 is 0 Å². The molecule has 0 bridgehead atoms. The summed E-state index contributed by atoms with van der Waals surface area (Å²) in [7, 11) is 0. The van der Waals surface area contributed by atoms with Gasteiger partial charge in [0.2, 0.25) is 0 Å². The molecule has 0 spiro atoms. The molecule has 0 amide bonds. The summed E-state index contributed by atoms with van der Waals surface area (Å²) in [4.78, 5) is 13.7. The normalized spacial score (nSPS) is 8.46. The van der Waals surface area contributed by atoms with Gasteiger partial charge >= 0.3 is 0 Å². The molecule has 0 atom stereocenters. The van der Waals surface area contributed by atoms with Crippen LogP contribution in [0.15, 0.2) is 24.5 Å². The van der Waals surface area contributed by atoms with Crippen LogP contribution in [0.25, 0.3) is 0 Å². The molecule has 72 valence electrons. The lowest BCUT2D eigenvalue weighted by molar-refractivity contribution is 0.112. The molecule has 0 saturated heterocycles. The Morgan fingerprint density at radius 2 is 2.08 bits per heavy atom. The molecule has 0 aromatic carbocycles. The van der Waals surface area contributed by atoms with Gasteiger partial charge in [-0.3, -0.25) is 9.78 Å². The molecule has 3 heteroatoms. The number of pyridine rings is 1. The third kappa shape index (κ3) is 7.15. The molecule has 0 aliphatic heterocycles. The highest BCUT2D eigenvalue weighted by atomic mass is 16.2. The summed E-state index contributed by atoms with van der Waals surface area (Å²) in [6.45, 7) is 2.40. The van der Waals surface area contributed by atoms with E-state index >= 15 is 0 Å². The second kappa shape index (κ2) is 8.87. The van der Waals surface area contributed by atoms with Crippen LogP contribution in [-0.2, 0) is 0 Å². The SMILES string of the molecule is CCCCO.O=Cc1ccncc1. The second-order valence-electron chi connectivity index (χ2n) is 2.48. The molecule has 1 heterocycles. The summed E-state index contributed by atoms with van der Waals surface area (Å²) < 4.78 is 0. The number of rotatable bonds is 3. The molecule has 0 saturated carbocycles. The molecular weight excluding hydrogens is 166 g/mol. The first kappa shape index (κ1) is 11.8. The van der Waals surface area contributed by atoms with Crippen molar-refractivity contribution in [3.05, 3.63) is 30.1 Å². The lowest BCUT2D eigenvalue weighted by Gasteiger charge is -1.81. The van der Waals surface area contributed by atoms with Crippen molar-refractivity contribution in [2.24, 2.45) is 0 Å². The average molecular weight is 181 g/mol. The zero-order valence-corrected chi connectivity index (χ0v) is 7.81. The minimum Gasteiger partial charge on any atom is -0.396 e. The quantitative estimate of drug-likeness (QED) is 0.722.